The highest BCUT2D eigenvalue weighted by Crippen LogP contribution is 2.26. The number of carbonyl (C=O) groups excluding carboxylic acids is 2. The lowest BCUT2D eigenvalue weighted by Gasteiger charge is -2.19. The van der Waals surface area contributed by atoms with Gasteiger partial charge in [0.25, 0.3) is 5.91 Å². The zero-order chi connectivity index (χ0) is 15.0. The molecule has 1 spiro atoms. The van der Waals surface area contributed by atoms with E-state index in [0.29, 0.717) is 25.3 Å². The summed E-state index contributed by atoms with van der Waals surface area (Å²) in [4.78, 5) is 25.5. The Bertz CT molecular complexity index is 599. The molecule has 0 aliphatic carbocycles. The van der Waals surface area contributed by atoms with Gasteiger partial charge in [-0.3, -0.25) is 9.69 Å². The lowest BCUT2D eigenvalue weighted by atomic mass is 9.99. The molecule has 2 aliphatic heterocycles. The van der Waals surface area contributed by atoms with Crippen molar-refractivity contribution < 1.29 is 18.7 Å². The number of ether oxygens (including phenoxy) is 1. The van der Waals surface area contributed by atoms with Gasteiger partial charge in [0.2, 0.25) is 0 Å². The van der Waals surface area contributed by atoms with E-state index in [4.69, 9.17) is 4.74 Å². The Morgan fingerprint density at radius 1 is 1.43 bits per heavy atom. The van der Waals surface area contributed by atoms with Crippen LogP contribution in [0, 0.1) is 5.82 Å². The number of methoxy groups -OCH3 is 1. The summed E-state index contributed by atoms with van der Waals surface area (Å²) in [5, 5.41) is 5.78. The molecule has 2 saturated heterocycles. The number of benzene rings is 1. The molecule has 0 radical (unpaired) electrons. The Kier molecular flexibility index (Phi) is 3.29. The van der Waals surface area contributed by atoms with Gasteiger partial charge >= 0.3 is 6.03 Å². The number of hydrogen-bond acceptors (Lipinski definition) is 4. The first-order valence-corrected chi connectivity index (χ1v) is 6.73. The SMILES string of the molecule is COc1ccc(CN2C(=O)NC3(CCNC3)C2=O)c(F)c1. The third-order valence-corrected chi connectivity index (χ3v) is 3.99. The Morgan fingerprint density at radius 3 is 2.86 bits per heavy atom. The maximum Gasteiger partial charge on any atom is 0.325 e. The minimum absolute atomic E-state index is 0.0811. The third-order valence-electron chi connectivity index (χ3n) is 3.99. The number of imide groups is 1. The van der Waals surface area contributed by atoms with Crippen LogP contribution in [0.25, 0.3) is 0 Å². The second-order valence-corrected chi connectivity index (χ2v) is 5.29. The summed E-state index contributed by atoms with van der Waals surface area (Å²) >= 11 is 0. The number of amides is 3. The van der Waals surface area contributed by atoms with Crippen LogP contribution in [-0.2, 0) is 11.3 Å². The molecule has 0 aromatic heterocycles. The Labute approximate surface area is 121 Å². The van der Waals surface area contributed by atoms with E-state index in [1.165, 1.54) is 19.2 Å². The van der Waals surface area contributed by atoms with Crippen molar-refractivity contribution in [3.05, 3.63) is 29.6 Å². The summed E-state index contributed by atoms with van der Waals surface area (Å²) in [5.74, 6) is -0.405. The van der Waals surface area contributed by atoms with Crippen LogP contribution in [0.4, 0.5) is 9.18 Å². The highest BCUT2D eigenvalue weighted by atomic mass is 19.1. The molecule has 6 nitrogen and oxygen atoms in total. The van der Waals surface area contributed by atoms with Crippen LogP contribution >= 0.6 is 0 Å². The predicted molar refractivity (Wildman–Crippen MR) is 72.3 cm³/mol. The first kappa shape index (κ1) is 13.8. The minimum Gasteiger partial charge on any atom is -0.497 e. The number of nitrogens with zero attached hydrogens (tertiary/aromatic N) is 1. The molecule has 0 saturated carbocycles. The van der Waals surface area contributed by atoms with Gasteiger partial charge in [-0.2, -0.15) is 0 Å². The minimum atomic E-state index is -0.861. The van der Waals surface area contributed by atoms with E-state index in [1.807, 2.05) is 0 Å². The van der Waals surface area contributed by atoms with Gasteiger partial charge < -0.3 is 15.4 Å². The highest BCUT2D eigenvalue weighted by Gasteiger charge is 2.52. The van der Waals surface area contributed by atoms with Crippen molar-refractivity contribution in [2.24, 2.45) is 0 Å². The average Bonchev–Trinajstić information content (AvgIpc) is 3.02. The number of urea groups is 1. The molecule has 2 heterocycles. The highest BCUT2D eigenvalue weighted by molar-refractivity contribution is 6.07. The number of hydrogen-bond donors (Lipinski definition) is 2. The van der Waals surface area contributed by atoms with Crippen LogP contribution in [0.15, 0.2) is 18.2 Å². The van der Waals surface area contributed by atoms with E-state index < -0.39 is 17.4 Å². The van der Waals surface area contributed by atoms with E-state index in [9.17, 15) is 14.0 Å². The zero-order valence-electron chi connectivity index (χ0n) is 11.6. The van der Waals surface area contributed by atoms with Crippen LogP contribution in [0.5, 0.6) is 5.75 Å². The molecule has 1 aromatic carbocycles. The summed E-state index contributed by atoms with van der Waals surface area (Å²) in [7, 11) is 1.45. The van der Waals surface area contributed by atoms with Gasteiger partial charge in [-0.05, 0) is 19.0 Å². The number of rotatable bonds is 3. The predicted octanol–water partition coefficient (Wildman–Crippen LogP) is 0.618. The van der Waals surface area contributed by atoms with Crippen molar-refractivity contribution in [3.8, 4) is 5.75 Å². The van der Waals surface area contributed by atoms with Crippen LogP contribution in [0.2, 0.25) is 0 Å². The van der Waals surface area contributed by atoms with Crippen molar-refractivity contribution in [1.29, 1.82) is 0 Å². The molecular formula is C14H16FN3O3. The molecule has 0 bridgehead atoms. The largest absolute Gasteiger partial charge is 0.497 e. The summed E-state index contributed by atoms with van der Waals surface area (Å²) in [6.07, 6.45) is 0.555. The monoisotopic (exact) mass is 293 g/mol. The van der Waals surface area contributed by atoms with Gasteiger partial charge in [-0.25, -0.2) is 9.18 Å². The third kappa shape index (κ3) is 2.23. The van der Waals surface area contributed by atoms with E-state index in [1.54, 1.807) is 6.07 Å². The quantitative estimate of drug-likeness (QED) is 0.802. The molecule has 7 heteroatoms. The number of carbonyl (C=O) groups is 2. The Hall–Kier alpha value is -2.15. The van der Waals surface area contributed by atoms with Gasteiger partial charge in [0, 0.05) is 18.2 Å². The average molecular weight is 293 g/mol. The van der Waals surface area contributed by atoms with Crippen molar-refractivity contribution in [2.75, 3.05) is 20.2 Å². The lowest BCUT2D eigenvalue weighted by molar-refractivity contribution is -0.131. The summed E-state index contributed by atoms with van der Waals surface area (Å²) in [6.45, 7) is 1.01. The number of nitrogens with one attached hydrogen (secondary N) is 2. The van der Waals surface area contributed by atoms with E-state index in [-0.39, 0.29) is 18.0 Å². The molecule has 2 N–H and O–H groups in total. The van der Waals surface area contributed by atoms with Crippen LogP contribution < -0.4 is 15.4 Å². The van der Waals surface area contributed by atoms with Crippen molar-refractivity contribution >= 4 is 11.9 Å². The molecule has 3 rings (SSSR count). The summed E-state index contributed by atoms with van der Waals surface area (Å²) in [6, 6.07) is 3.88. The van der Waals surface area contributed by atoms with Gasteiger partial charge in [-0.15, -0.1) is 0 Å². The molecule has 112 valence electrons. The first-order chi connectivity index (χ1) is 10.1. The Morgan fingerprint density at radius 2 is 2.24 bits per heavy atom. The van der Waals surface area contributed by atoms with E-state index in [2.05, 4.69) is 10.6 Å². The fourth-order valence-corrected chi connectivity index (χ4v) is 2.75. The lowest BCUT2D eigenvalue weighted by Crippen LogP contribution is -2.48. The van der Waals surface area contributed by atoms with Crippen molar-refractivity contribution in [1.82, 2.24) is 15.5 Å². The van der Waals surface area contributed by atoms with Crippen LogP contribution in [-0.4, -0.2) is 42.6 Å². The molecule has 2 aliphatic rings. The second kappa shape index (κ2) is 5.00. The van der Waals surface area contributed by atoms with Gasteiger partial charge in [0.05, 0.1) is 13.7 Å². The second-order valence-electron chi connectivity index (χ2n) is 5.29. The number of halogens is 1. The normalized spacial score (nSPS) is 24.8. The van der Waals surface area contributed by atoms with E-state index >= 15 is 0 Å². The Balaban J connectivity index is 1.82. The zero-order valence-corrected chi connectivity index (χ0v) is 11.6. The molecule has 1 unspecified atom stereocenters. The van der Waals surface area contributed by atoms with Crippen LogP contribution in [0.3, 0.4) is 0 Å². The standard InChI is InChI=1S/C14H16FN3O3/c1-21-10-3-2-9(11(15)6-10)7-18-12(19)14(17-13(18)20)4-5-16-8-14/h2-3,6,16H,4-5,7-8H2,1H3,(H,17,20). The fraction of sp³-hybridized carbons (Fsp3) is 0.429. The van der Waals surface area contributed by atoms with Crippen LogP contribution in [0.1, 0.15) is 12.0 Å². The molecule has 3 amide bonds. The maximum absolute atomic E-state index is 14.0. The molecule has 2 fully saturated rings. The topological polar surface area (TPSA) is 70.7 Å². The smallest absolute Gasteiger partial charge is 0.325 e. The first-order valence-electron chi connectivity index (χ1n) is 6.73. The van der Waals surface area contributed by atoms with Crippen molar-refractivity contribution in [3.63, 3.8) is 0 Å². The molecular weight excluding hydrogens is 277 g/mol. The fourth-order valence-electron chi connectivity index (χ4n) is 2.75. The van der Waals surface area contributed by atoms with Gasteiger partial charge in [0.15, 0.2) is 0 Å². The van der Waals surface area contributed by atoms with Gasteiger partial charge in [-0.1, -0.05) is 6.07 Å². The summed E-state index contributed by atoms with van der Waals surface area (Å²) < 4.78 is 18.9. The molecule has 1 aromatic rings. The molecule has 1 atom stereocenters. The van der Waals surface area contributed by atoms with Crippen molar-refractivity contribution in [2.45, 2.75) is 18.5 Å². The van der Waals surface area contributed by atoms with Gasteiger partial charge in [0.1, 0.15) is 17.1 Å². The maximum atomic E-state index is 14.0. The van der Waals surface area contributed by atoms with E-state index in [0.717, 1.165) is 4.90 Å². The molecule has 21 heavy (non-hydrogen) atoms. The summed E-state index contributed by atoms with van der Waals surface area (Å²) in [5.41, 5.74) is -0.581.